The van der Waals surface area contributed by atoms with E-state index in [1.54, 1.807) is 12.1 Å². The second-order valence-corrected chi connectivity index (χ2v) is 10.8. The SMILES string of the molecule is CCC(C)OC(=O)c1c(NC(=O)c2ccc(COc3cc(C)ccc3C(C)C)o2)sc2c1CCCC2. The number of benzene rings is 1. The third-order valence-electron chi connectivity index (χ3n) is 6.53. The van der Waals surface area contributed by atoms with Crippen LogP contribution in [0.5, 0.6) is 5.75 Å². The van der Waals surface area contributed by atoms with E-state index < -0.39 is 5.91 Å². The van der Waals surface area contributed by atoms with Gasteiger partial charge in [-0.05, 0) is 86.8 Å². The van der Waals surface area contributed by atoms with Gasteiger partial charge in [-0.2, -0.15) is 0 Å². The summed E-state index contributed by atoms with van der Waals surface area (Å²) in [5, 5.41) is 3.46. The Balaban J connectivity index is 1.49. The lowest BCUT2D eigenvalue weighted by atomic mass is 9.95. The molecule has 0 spiro atoms. The van der Waals surface area contributed by atoms with Crippen molar-refractivity contribution in [2.24, 2.45) is 0 Å². The van der Waals surface area contributed by atoms with Crippen LogP contribution in [0, 0.1) is 6.92 Å². The van der Waals surface area contributed by atoms with E-state index in [1.165, 1.54) is 11.3 Å². The molecule has 0 aliphatic heterocycles. The van der Waals surface area contributed by atoms with Crippen LogP contribution in [-0.4, -0.2) is 18.0 Å². The molecule has 2 heterocycles. The van der Waals surface area contributed by atoms with Crippen LogP contribution in [0.15, 0.2) is 34.7 Å². The molecule has 0 saturated heterocycles. The fourth-order valence-electron chi connectivity index (χ4n) is 4.33. The molecule has 1 aliphatic carbocycles. The van der Waals surface area contributed by atoms with E-state index in [1.807, 2.05) is 26.8 Å². The quantitative estimate of drug-likeness (QED) is 0.303. The first-order valence-electron chi connectivity index (χ1n) is 12.8. The molecule has 192 valence electrons. The Morgan fingerprint density at radius 2 is 1.89 bits per heavy atom. The molecule has 1 unspecified atom stereocenters. The molecule has 2 aromatic heterocycles. The summed E-state index contributed by atoms with van der Waals surface area (Å²) in [4.78, 5) is 27.2. The van der Waals surface area contributed by atoms with Crippen molar-refractivity contribution in [1.82, 2.24) is 0 Å². The minimum absolute atomic E-state index is 0.176. The van der Waals surface area contributed by atoms with E-state index in [0.29, 0.717) is 22.2 Å². The summed E-state index contributed by atoms with van der Waals surface area (Å²) in [6, 6.07) is 9.56. The number of ether oxygens (including phenoxy) is 2. The van der Waals surface area contributed by atoms with Crippen molar-refractivity contribution in [3.8, 4) is 5.75 Å². The molecular weight excluding hydrogens is 474 g/mol. The van der Waals surface area contributed by atoms with Crippen molar-refractivity contribution < 1.29 is 23.5 Å². The highest BCUT2D eigenvalue weighted by molar-refractivity contribution is 7.17. The molecule has 1 aromatic carbocycles. The number of nitrogens with one attached hydrogen (secondary N) is 1. The van der Waals surface area contributed by atoms with Gasteiger partial charge in [-0.1, -0.05) is 32.9 Å². The molecule has 7 heteroatoms. The summed E-state index contributed by atoms with van der Waals surface area (Å²) in [5.41, 5.74) is 3.76. The van der Waals surface area contributed by atoms with Crippen molar-refractivity contribution in [1.29, 1.82) is 0 Å². The number of carbonyl (C=O) groups is 2. The van der Waals surface area contributed by atoms with Crippen molar-refractivity contribution in [3.63, 3.8) is 0 Å². The number of thiophene rings is 1. The zero-order valence-electron chi connectivity index (χ0n) is 21.7. The number of hydrogen-bond donors (Lipinski definition) is 1. The summed E-state index contributed by atoms with van der Waals surface area (Å²) in [5.74, 6) is 1.12. The fraction of sp³-hybridized carbons (Fsp3) is 0.448. The van der Waals surface area contributed by atoms with Gasteiger partial charge in [-0.3, -0.25) is 4.79 Å². The minimum Gasteiger partial charge on any atom is -0.485 e. The van der Waals surface area contributed by atoms with Gasteiger partial charge in [0.1, 0.15) is 23.1 Å². The van der Waals surface area contributed by atoms with E-state index in [4.69, 9.17) is 13.9 Å². The Hall–Kier alpha value is -3.06. The number of carbonyl (C=O) groups excluding carboxylic acids is 2. The highest BCUT2D eigenvalue weighted by Crippen LogP contribution is 2.39. The Labute approximate surface area is 217 Å². The third-order valence-corrected chi connectivity index (χ3v) is 7.74. The van der Waals surface area contributed by atoms with Gasteiger partial charge in [0.25, 0.3) is 5.91 Å². The largest absolute Gasteiger partial charge is 0.485 e. The first kappa shape index (κ1) is 26.0. The lowest BCUT2D eigenvalue weighted by Crippen LogP contribution is -2.18. The van der Waals surface area contributed by atoms with Gasteiger partial charge in [0.05, 0.1) is 11.7 Å². The summed E-state index contributed by atoms with van der Waals surface area (Å²) in [7, 11) is 0. The lowest BCUT2D eigenvalue weighted by Gasteiger charge is -2.15. The first-order chi connectivity index (χ1) is 17.3. The zero-order chi connectivity index (χ0) is 25.8. The predicted molar refractivity (Wildman–Crippen MR) is 142 cm³/mol. The van der Waals surface area contributed by atoms with E-state index in [-0.39, 0.29) is 24.4 Å². The standard InChI is InChI=1S/C29H35NO5S/c1-6-19(5)34-29(32)26-22-9-7-8-10-25(22)36-28(26)30-27(31)23-14-12-20(35-23)16-33-24-15-18(4)11-13-21(24)17(2)3/h11-15,17,19H,6-10,16H2,1-5H3,(H,30,31). The normalized spacial score (nSPS) is 13.8. The fourth-order valence-corrected chi connectivity index (χ4v) is 5.60. The number of rotatable bonds is 9. The molecule has 6 nitrogen and oxygen atoms in total. The third kappa shape index (κ3) is 5.84. The average molecular weight is 510 g/mol. The van der Waals surface area contributed by atoms with Gasteiger partial charge < -0.3 is 19.2 Å². The lowest BCUT2D eigenvalue weighted by molar-refractivity contribution is 0.0335. The topological polar surface area (TPSA) is 77.8 Å². The molecule has 1 N–H and O–H groups in total. The minimum atomic E-state index is -0.393. The van der Waals surface area contributed by atoms with Crippen LogP contribution in [0.1, 0.15) is 101 Å². The Morgan fingerprint density at radius 3 is 2.64 bits per heavy atom. The predicted octanol–water partition coefficient (Wildman–Crippen LogP) is 7.44. The van der Waals surface area contributed by atoms with Gasteiger partial charge >= 0.3 is 5.97 Å². The van der Waals surface area contributed by atoms with Crippen LogP contribution in [0.3, 0.4) is 0 Å². The maximum atomic E-state index is 13.1. The number of hydrogen-bond acceptors (Lipinski definition) is 6. The summed E-state index contributed by atoms with van der Waals surface area (Å²) < 4.78 is 17.5. The maximum Gasteiger partial charge on any atom is 0.341 e. The summed E-state index contributed by atoms with van der Waals surface area (Å²) in [6.07, 6.45) is 4.41. The molecule has 1 atom stereocenters. The number of anilines is 1. The van der Waals surface area contributed by atoms with Crippen molar-refractivity contribution >= 4 is 28.2 Å². The van der Waals surface area contributed by atoms with E-state index in [0.717, 1.165) is 59.4 Å². The van der Waals surface area contributed by atoms with E-state index in [9.17, 15) is 9.59 Å². The van der Waals surface area contributed by atoms with Gasteiger partial charge in [-0.25, -0.2) is 4.79 Å². The molecule has 0 radical (unpaired) electrons. The van der Waals surface area contributed by atoms with Crippen LogP contribution in [0.4, 0.5) is 5.00 Å². The van der Waals surface area contributed by atoms with Crippen molar-refractivity contribution in [2.45, 2.75) is 85.4 Å². The molecule has 1 amide bonds. The van der Waals surface area contributed by atoms with E-state index >= 15 is 0 Å². The molecule has 0 bridgehead atoms. The summed E-state index contributed by atoms with van der Waals surface area (Å²) in [6.45, 7) is 10.4. The highest BCUT2D eigenvalue weighted by atomic mass is 32.1. The van der Waals surface area contributed by atoms with Crippen molar-refractivity contribution in [2.75, 3.05) is 5.32 Å². The van der Waals surface area contributed by atoms with Gasteiger partial charge in [0.2, 0.25) is 0 Å². The maximum absolute atomic E-state index is 13.1. The van der Waals surface area contributed by atoms with Gasteiger partial charge in [0.15, 0.2) is 5.76 Å². The number of esters is 1. The summed E-state index contributed by atoms with van der Waals surface area (Å²) >= 11 is 1.47. The van der Waals surface area contributed by atoms with Gasteiger partial charge in [-0.15, -0.1) is 11.3 Å². The molecule has 36 heavy (non-hydrogen) atoms. The van der Waals surface area contributed by atoms with E-state index in [2.05, 4.69) is 31.3 Å². The van der Waals surface area contributed by atoms with Crippen LogP contribution in [-0.2, 0) is 24.2 Å². The molecule has 1 aliphatic rings. The smallest absolute Gasteiger partial charge is 0.341 e. The molecular formula is C29H35NO5S. The van der Waals surface area contributed by atoms with Gasteiger partial charge in [0, 0.05) is 4.88 Å². The molecule has 4 rings (SSSR count). The van der Waals surface area contributed by atoms with Crippen LogP contribution >= 0.6 is 11.3 Å². The Morgan fingerprint density at radius 1 is 1.11 bits per heavy atom. The highest BCUT2D eigenvalue weighted by Gasteiger charge is 2.29. The number of fused-ring (bicyclic) bond motifs is 1. The Bertz CT molecular complexity index is 1240. The second-order valence-electron chi connectivity index (χ2n) is 9.74. The average Bonchev–Trinajstić information content (AvgIpc) is 3.47. The van der Waals surface area contributed by atoms with Crippen LogP contribution in [0.2, 0.25) is 0 Å². The number of furan rings is 1. The first-order valence-corrected chi connectivity index (χ1v) is 13.6. The van der Waals surface area contributed by atoms with Crippen molar-refractivity contribution in [3.05, 3.63) is 69.0 Å². The number of aryl methyl sites for hydroxylation is 2. The Kier molecular flexibility index (Phi) is 8.19. The molecule has 3 aromatic rings. The van der Waals surface area contributed by atoms with Crippen LogP contribution < -0.4 is 10.1 Å². The zero-order valence-corrected chi connectivity index (χ0v) is 22.6. The number of amides is 1. The monoisotopic (exact) mass is 509 g/mol. The molecule has 0 saturated carbocycles. The molecule has 0 fully saturated rings. The second kappa shape index (κ2) is 11.3. The van der Waals surface area contributed by atoms with Crippen LogP contribution in [0.25, 0.3) is 0 Å².